The van der Waals surface area contributed by atoms with Crippen LogP contribution in [0.3, 0.4) is 0 Å². The molecule has 19 heavy (non-hydrogen) atoms. The van der Waals surface area contributed by atoms with Crippen LogP contribution in [0.1, 0.15) is 34.6 Å². The summed E-state index contributed by atoms with van der Waals surface area (Å²) in [6.07, 6.45) is 1.04. The van der Waals surface area contributed by atoms with E-state index in [1.54, 1.807) is 34.6 Å². The highest BCUT2D eigenvalue weighted by Gasteiger charge is 2.33. The monoisotopic (exact) mass is 314 g/mol. The van der Waals surface area contributed by atoms with E-state index in [9.17, 15) is 13.0 Å². The Morgan fingerprint density at radius 3 is 1.84 bits per heavy atom. The molecular formula is C11H23O6PS. The van der Waals surface area contributed by atoms with Gasteiger partial charge in [-0.05, 0) is 13.8 Å². The van der Waals surface area contributed by atoms with E-state index >= 15 is 0 Å². The molecule has 0 saturated heterocycles. The zero-order valence-corrected chi connectivity index (χ0v) is 14.0. The Balaban J connectivity index is 5.44. The Morgan fingerprint density at radius 2 is 1.58 bits per heavy atom. The highest BCUT2D eigenvalue weighted by molar-refractivity contribution is 7.93. The third-order valence-electron chi connectivity index (χ3n) is 1.84. The summed E-state index contributed by atoms with van der Waals surface area (Å²) < 4.78 is 50.2. The molecule has 8 heteroatoms. The van der Waals surface area contributed by atoms with Crippen LogP contribution >= 0.6 is 7.82 Å². The predicted molar refractivity (Wildman–Crippen MR) is 74.3 cm³/mol. The molecule has 114 valence electrons. The summed E-state index contributed by atoms with van der Waals surface area (Å²) >= 11 is 0. The van der Waals surface area contributed by atoms with Crippen molar-refractivity contribution >= 4 is 17.7 Å². The molecule has 0 aliphatic heterocycles. The normalized spacial score (nSPS) is 14.5. The molecular weight excluding hydrogens is 291 g/mol. The molecule has 0 N–H and O–H groups in total. The van der Waals surface area contributed by atoms with Crippen LogP contribution in [0.15, 0.2) is 11.2 Å². The van der Waals surface area contributed by atoms with Gasteiger partial charge in [0, 0.05) is 11.7 Å². The Morgan fingerprint density at radius 1 is 1.16 bits per heavy atom. The molecule has 0 spiro atoms. The predicted octanol–water partition coefficient (Wildman–Crippen LogP) is 3.12. The maximum Gasteiger partial charge on any atom is 0.529 e. The Kier molecular flexibility index (Phi) is 6.75. The zero-order valence-electron chi connectivity index (χ0n) is 12.3. The van der Waals surface area contributed by atoms with Crippen molar-refractivity contribution in [3.05, 3.63) is 11.2 Å². The summed E-state index contributed by atoms with van der Waals surface area (Å²) in [7, 11) is -7.22. The van der Waals surface area contributed by atoms with E-state index in [2.05, 4.69) is 0 Å². The molecule has 0 aliphatic carbocycles. The van der Waals surface area contributed by atoms with Crippen molar-refractivity contribution < 1.29 is 26.6 Å². The number of phosphoric acid groups is 1. The van der Waals surface area contributed by atoms with E-state index in [4.69, 9.17) is 13.6 Å². The molecule has 0 saturated carbocycles. The third-order valence-corrected chi connectivity index (χ3v) is 4.06. The highest BCUT2D eigenvalue weighted by atomic mass is 32.2. The van der Waals surface area contributed by atoms with Crippen LogP contribution in [0.2, 0.25) is 0 Å². The Bertz CT molecular complexity index is 450. The van der Waals surface area contributed by atoms with Crippen molar-refractivity contribution in [1.82, 2.24) is 0 Å². The fourth-order valence-corrected chi connectivity index (χ4v) is 3.30. The smallest absolute Gasteiger partial charge is 0.407 e. The van der Waals surface area contributed by atoms with E-state index in [0.717, 1.165) is 11.7 Å². The maximum atomic E-state index is 12.3. The molecule has 0 aromatic heterocycles. The second kappa shape index (κ2) is 6.88. The summed E-state index contributed by atoms with van der Waals surface area (Å²) in [5, 5.41) is 0.942. The van der Waals surface area contributed by atoms with E-state index in [1.807, 2.05) is 0 Å². The van der Waals surface area contributed by atoms with Crippen molar-refractivity contribution in [3.8, 4) is 0 Å². The number of rotatable bonds is 7. The number of phosphoric ester groups is 1. The molecule has 0 heterocycles. The summed E-state index contributed by atoms with van der Waals surface area (Å²) in [5.41, 5.74) is -0.646. The molecule has 0 radical (unpaired) electrons. The second-order valence-corrected chi connectivity index (χ2v) is 8.42. The van der Waals surface area contributed by atoms with Gasteiger partial charge in [0.2, 0.25) is 0 Å². The highest BCUT2D eigenvalue weighted by Crippen LogP contribution is 2.53. The molecule has 0 aliphatic rings. The van der Waals surface area contributed by atoms with Gasteiger partial charge in [-0.2, -0.15) is 0 Å². The topological polar surface area (TPSA) is 78.9 Å². The largest absolute Gasteiger partial charge is 0.529 e. The van der Waals surface area contributed by atoms with Gasteiger partial charge in [-0.25, -0.2) is 13.0 Å². The minimum Gasteiger partial charge on any atom is -0.407 e. The summed E-state index contributed by atoms with van der Waals surface area (Å²) in [6.45, 7) is 8.78. The van der Waals surface area contributed by atoms with Crippen molar-refractivity contribution in [2.45, 2.75) is 34.6 Å². The first-order valence-electron chi connectivity index (χ1n) is 5.94. The minimum absolute atomic E-state index is 0.0419. The van der Waals surface area contributed by atoms with Gasteiger partial charge < -0.3 is 4.52 Å². The first-order chi connectivity index (χ1) is 8.43. The van der Waals surface area contributed by atoms with Gasteiger partial charge in [-0.3, -0.25) is 9.05 Å². The fourth-order valence-electron chi connectivity index (χ4n) is 1.06. The summed E-state index contributed by atoms with van der Waals surface area (Å²) in [5.74, 6) is 0.0419. The lowest BCUT2D eigenvalue weighted by Gasteiger charge is -2.26. The molecule has 6 nitrogen and oxygen atoms in total. The van der Waals surface area contributed by atoms with Crippen LogP contribution in [0.5, 0.6) is 0 Å². The lowest BCUT2D eigenvalue weighted by Crippen LogP contribution is -2.15. The number of hydrogen-bond acceptors (Lipinski definition) is 6. The molecule has 0 rings (SSSR count). The fraction of sp³-hybridized carbons (Fsp3) is 0.818. The number of hydrogen-bond donors (Lipinski definition) is 0. The molecule has 0 aromatic carbocycles. The maximum absolute atomic E-state index is 12.3. The van der Waals surface area contributed by atoms with Crippen LogP contribution in [0, 0.1) is 5.41 Å². The molecule has 0 atom stereocenters. The Labute approximate surface area is 115 Å². The van der Waals surface area contributed by atoms with Gasteiger partial charge in [-0.1, -0.05) is 20.8 Å². The van der Waals surface area contributed by atoms with Crippen LogP contribution in [0.4, 0.5) is 0 Å². The van der Waals surface area contributed by atoms with Gasteiger partial charge in [0.05, 0.1) is 18.6 Å². The molecule has 0 fully saturated rings. The van der Waals surface area contributed by atoms with Gasteiger partial charge in [-0.15, -0.1) is 0 Å². The second-order valence-electron chi connectivity index (χ2n) is 4.94. The van der Waals surface area contributed by atoms with Crippen molar-refractivity contribution in [2.24, 2.45) is 5.41 Å². The van der Waals surface area contributed by atoms with Crippen molar-refractivity contribution in [1.29, 1.82) is 0 Å². The lowest BCUT2D eigenvalue weighted by molar-refractivity contribution is 0.129. The van der Waals surface area contributed by atoms with Crippen molar-refractivity contribution in [2.75, 3.05) is 19.5 Å². The molecule has 0 bridgehead atoms. The summed E-state index contributed by atoms with van der Waals surface area (Å²) in [4.78, 5) is 0. The van der Waals surface area contributed by atoms with E-state index in [0.29, 0.717) is 0 Å². The first kappa shape index (κ1) is 18.6. The van der Waals surface area contributed by atoms with Gasteiger partial charge in [0.15, 0.2) is 9.84 Å². The SMILES string of the molecule is CCOP(=O)(OCC)O/C(=C\S(C)(=O)=O)C(C)(C)C. The van der Waals surface area contributed by atoms with Gasteiger partial charge >= 0.3 is 7.82 Å². The van der Waals surface area contributed by atoms with E-state index in [-0.39, 0.29) is 19.0 Å². The molecule has 0 aromatic rings. The molecule has 0 unspecified atom stereocenters. The average molecular weight is 314 g/mol. The van der Waals surface area contributed by atoms with Crippen LogP contribution in [-0.2, 0) is 28.0 Å². The lowest BCUT2D eigenvalue weighted by atomic mass is 9.95. The quantitative estimate of drug-likeness (QED) is 0.530. The van der Waals surface area contributed by atoms with Crippen molar-refractivity contribution in [3.63, 3.8) is 0 Å². The van der Waals surface area contributed by atoms with Crippen LogP contribution in [0.25, 0.3) is 0 Å². The zero-order chi connectivity index (χ0) is 15.3. The summed E-state index contributed by atoms with van der Waals surface area (Å²) in [6, 6.07) is 0. The van der Waals surface area contributed by atoms with Crippen LogP contribution in [-0.4, -0.2) is 27.9 Å². The number of allylic oxidation sites excluding steroid dienone is 1. The van der Waals surface area contributed by atoms with E-state index < -0.39 is 23.1 Å². The number of sulfone groups is 1. The average Bonchev–Trinajstić information content (AvgIpc) is 2.13. The minimum atomic E-state index is -3.79. The van der Waals surface area contributed by atoms with E-state index in [1.165, 1.54) is 0 Å². The Hall–Kier alpha value is -0.360. The standard InChI is InChI=1S/C11H23O6PS/c1-7-15-18(12,16-8-2)17-10(11(3,4)5)9-19(6,13)14/h9H,7-8H2,1-6H3/b10-9-. The van der Waals surface area contributed by atoms with Gasteiger partial charge in [0.25, 0.3) is 0 Å². The van der Waals surface area contributed by atoms with Gasteiger partial charge in [0.1, 0.15) is 5.76 Å². The third kappa shape index (κ3) is 7.72. The van der Waals surface area contributed by atoms with Crippen LogP contribution < -0.4 is 0 Å². The first-order valence-corrected chi connectivity index (χ1v) is 9.36. The molecule has 0 amide bonds.